The van der Waals surface area contributed by atoms with E-state index in [0.717, 1.165) is 12.8 Å². The van der Waals surface area contributed by atoms with Gasteiger partial charge in [-0.15, -0.1) is 0 Å². The minimum Gasteiger partial charge on any atom is -0.486 e. The number of hydrogen-bond donors (Lipinski definition) is 2. The molecule has 0 unspecified atom stereocenters. The maximum Gasteiger partial charge on any atom is 0.251 e. The van der Waals surface area contributed by atoms with E-state index in [-0.39, 0.29) is 41.8 Å². The number of sulfonamides is 1. The largest absolute Gasteiger partial charge is 0.486 e. The fraction of sp³-hybridized carbons (Fsp3) is 0.417. The van der Waals surface area contributed by atoms with E-state index in [9.17, 15) is 18.0 Å². The second-order valence-electron chi connectivity index (χ2n) is 8.80. The fourth-order valence-electron chi connectivity index (χ4n) is 4.17. The molecular weight excluding hydrogens is 458 g/mol. The van der Waals surface area contributed by atoms with Crippen molar-refractivity contribution >= 4 is 27.5 Å². The van der Waals surface area contributed by atoms with Crippen LogP contribution in [0.2, 0.25) is 0 Å². The number of benzene rings is 2. The third-order valence-corrected chi connectivity index (χ3v) is 8.18. The van der Waals surface area contributed by atoms with Crippen LogP contribution in [0, 0.1) is 5.92 Å². The number of hydrogen-bond acceptors (Lipinski definition) is 6. The summed E-state index contributed by atoms with van der Waals surface area (Å²) in [6.45, 7) is 1.31. The number of anilines is 1. The van der Waals surface area contributed by atoms with Gasteiger partial charge in [0.15, 0.2) is 11.5 Å². The molecule has 34 heavy (non-hydrogen) atoms. The van der Waals surface area contributed by atoms with Gasteiger partial charge in [0, 0.05) is 42.4 Å². The molecule has 2 aromatic rings. The molecule has 3 aliphatic rings. The number of fused-ring (bicyclic) bond motifs is 1. The SMILES string of the molecule is O=C(NC1CC1)c1cccc(NC(=O)C2CCN(S(=O)(=O)c3ccc4c(c3)OCCO4)CC2)c1. The molecule has 2 aliphatic heterocycles. The Labute approximate surface area is 198 Å². The monoisotopic (exact) mass is 485 g/mol. The van der Waals surface area contributed by atoms with Crippen molar-refractivity contribution in [2.75, 3.05) is 31.6 Å². The zero-order chi connectivity index (χ0) is 23.7. The molecule has 180 valence electrons. The van der Waals surface area contributed by atoms with Gasteiger partial charge in [-0.05, 0) is 56.0 Å². The van der Waals surface area contributed by atoms with E-state index < -0.39 is 10.0 Å². The predicted octanol–water partition coefficient (Wildman–Crippen LogP) is 2.39. The molecule has 10 heteroatoms. The molecule has 2 N–H and O–H groups in total. The Morgan fingerprint density at radius 1 is 0.912 bits per heavy atom. The third-order valence-electron chi connectivity index (χ3n) is 6.28. The van der Waals surface area contributed by atoms with Crippen LogP contribution >= 0.6 is 0 Å². The maximum absolute atomic E-state index is 13.1. The predicted molar refractivity (Wildman–Crippen MR) is 124 cm³/mol. The van der Waals surface area contributed by atoms with Gasteiger partial charge in [0.05, 0.1) is 4.90 Å². The average molecular weight is 486 g/mol. The van der Waals surface area contributed by atoms with Crippen LogP contribution < -0.4 is 20.1 Å². The zero-order valence-corrected chi connectivity index (χ0v) is 19.5. The molecule has 2 fully saturated rings. The summed E-state index contributed by atoms with van der Waals surface area (Å²) in [6, 6.07) is 11.7. The van der Waals surface area contributed by atoms with Crippen LogP contribution in [0.1, 0.15) is 36.0 Å². The van der Waals surface area contributed by atoms with E-state index in [4.69, 9.17) is 9.47 Å². The van der Waals surface area contributed by atoms with E-state index in [1.54, 1.807) is 30.3 Å². The number of nitrogens with zero attached hydrogens (tertiary/aromatic N) is 1. The number of ether oxygens (including phenoxy) is 2. The lowest BCUT2D eigenvalue weighted by molar-refractivity contribution is -0.120. The van der Waals surface area contributed by atoms with E-state index in [2.05, 4.69) is 10.6 Å². The highest BCUT2D eigenvalue weighted by Gasteiger charge is 2.33. The van der Waals surface area contributed by atoms with Crippen molar-refractivity contribution in [2.24, 2.45) is 5.92 Å². The molecule has 2 heterocycles. The van der Waals surface area contributed by atoms with Crippen molar-refractivity contribution < 1.29 is 27.5 Å². The van der Waals surface area contributed by atoms with Gasteiger partial charge >= 0.3 is 0 Å². The Hall–Kier alpha value is -3.11. The summed E-state index contributed by atoms with van der Waals surface area (Å²) in [6.07, 6.45) is 2.84. The van der Waals surface area contributed by atoms with Crippen molar-refractivity contribution in [3.63, 3.8) is 0 Å². The standard InChI is InChI=1S/C24H27N3O6S/c28-23(26-19-3-1-2-17(14-19)24(29)25-18-4-5-18)16-8-10-27(11-9-16)34(30,31)20-6-7-21-22(15-20)33-13-12-32-21/h1-3,6-7,14-16,18H,4-5,8-13H2,(H,25,29)(H,26,28). The minimum atomic E-state index is -3.70. The van der Waals surface area contributed by atoms with E-state index >= 15 is 0 Å². The highest BCUT2D eigenvalue weighted by Crippen LogP contribution is 2.34. The molecule has 0 radical (unpaired) electrons. The number of piperidine rings is 1. The Morgan fingerprint density at radius 2 is 1.65 bits per heavy atom. The molecule has 9 nitrogen and oxygen atoms in total. The molecule has 0 bridgehead atoms. The fourth-order valence-corrected chi connectivity index (χ4v) is 5.66. The maximum atomic E-state index is 13.1. The zero-order valence-electron chi connectivity index (χ0n) is 18.7. The summed E-state index contributed by atoms with van der Waals surface area (Å²) in [5, 5.41) is 5.81. The van der Waals surface area contributed by atoms with Crippen LogP contribution in [0.5, 0.6) is 11.5 Å². The van der Waals surface area contributed by atoms with Crippen LogP contribution in [-0.2, 0) is 14.8 Å². The van der Waals surface area contributed by atoms with E-state index in [1.165, 1.54) is 16.4 Å². The van der Waals surface area contributed by atoms with Gasteiger partial charge in [0.25, 0.3) is 5.91 Å². The number of nitrogens with one attached hydrogen (secondary N) is 2. The first kappa shape index (κ1) is 22.7. The highest BCUT2D eigenvalue weighted by atomic mass is 32.2. The van der Waals surface area contributed by atoms with Crippen LogP contribution in [0.15, 0.2) is 47.4 Å². The molecule has 0 atom stereocenters. The van der Waals surface area contributed by atoms with Crippen LogP contribution in [0.3, 0.4) is 0 Å². The summed E-state index contributed by atoms with van der Waals surface area (Å²) in [5.41, 5.74) is 1.06. The summed E-state index contributed by atoms with van der Waals surface area (Å²) in [4.78, 5) is 25.2. The highest BCUT2D eigenvalue weighted by molar-refractivity contribution is 7.89. The molecule has 0 spiro atoms. The summed E-state index contributed by atoms with van der Waals surface area (Å²) in [7, 11) is -3.70. The number of rotatable bonds is 6. The van der Waals surface area contributed by atoms with Crippen molar-refractivity contribution in [2.45, 2.75) is 36.6 Å². The second-order valence-corrected chi connectivity index (χ2v) is 10.7. The molecular formula is C24H27N3O6S. The molecule has 0 aromatic heterocycles. The Bertz CT molecular complexity index is 1200. The molecule has 1 aliphatic carbocycles. The van der Waals surface area contributed by atoms with Crippen molar-refractivity contribution in [1.29, 1.82) is 0 Å². The van der Waals surface area contributed by atoms with Crippen molar-refractivity contribution in [1.82, 2.24) is 9.62 Å². The van der Waals surface area contributed by atoms with Crippen molar-refractivity contribution in [3.05, 3.63) is 48.0 Å². The number of carbonyl (C=O) groups excluding carboxylic acids is 2. The van der Waals surface area contributed by atoms with E-state index in [0.29, 0.717) is 48.8 Å². The molecule has 1 saturated heterocycles. The van der Waals surface area contributed by atoms with Gasteiger partial charge in [-0.1, -0.05) is 6.07 Å². The van der Waals surface area contributed by atoms with Crippen LogP contribution in [0.25, 0.3) is 0 Å². The molecule has 2 aromatic carbocycles. The first-order valence-electron chi connectivity index (χ1n) is 11.5. The van der Waals surface area contributed by atoms with Gasteiger partial charge < -0.3 is 20.1 Å². The summed E-state index contributed by atoms with van der Waals surface area (Å²) >= 11 is 0. The summed E-state index contributed by atoms with van der Waals surface area (Å²) < 4.78 is 38.6. The lowest BCUT2D eigenvalue weighted by Crippen LogP contribution is -2.41. The molecule has 1 saturated carbocycles. The second kappa shape index (κ2) is 9.27. The van der Waals surface area contributed by atoms with Crippen molar-refractivity contribution in [3.8, 4) is 11.5 Å². The lowest BCUT2D eigenvalue weighted by atomic mass is 9.97. The van der Waals surface area contributed by atoms with Gasteiger partial charge in [0.2, 0.25) is 15.9 Å². The normalized spacial score (nSPS) is 18.8. The first-order chi connectivity index (χ1) is 16.4. The minimum absolute atomic E-state index is 0.142. The quantitative estimate of drug-likeness (QED) is 0.650. The Morgan fingerprint density at radius 3 is 2.38 bits per heavy atom. The van der Waals surface area contributed by atoms with Crippen LogP contribution in [-0.4, -0.2) is 56.9 Å². The lowest BCUT2D eigenvalue weighted by Gasteiger charge is -2.31. The molecule has 2 amide bonds. The topological polar surface area (TPSA) is 114 Å². The molecule has 5 rings (SSSR count). The smallest absolute Gasteiger partial charge is 0.251 e. The van der Waals surface area contributed by atoms with Gasteiger partial charge in [-0.2, -0.15) is 4.31 Å². The summed E-state index contributed by atoms with van der Waals surface area (Å²) in [5.74, 6) is 0.340. The Balaban J connectivity index is 1.19. The first-order valence-corrected chi connectivity index (χ1v) is 13.0. The van der Waals surface area contributed by atoms with Gasteiger partial charge in [-0.3, -0.25) is 9.59 Å². The third kappa shape index (κ3) is 4.88. The van der Waals surface area contributed by atoms with E-state index in [1.807, 2.05) is 0 Å². The number of carbonyl (C=O) groups is 2. The Kier molecular flexibility index (Phi) is 6.18. The van der Waals surface area contributed by atoms with Gasteiger partial charge in [-0.25, -0.2) is 8.42 Å². The average Bonchev–Trinajstić information content (AvgIpc) is 3.68. The van der Waals surface area contributed by atoms with Crippen LogP contribution in [0.4, 0.5) is 5.69 Å². The number of amides is 2. The van der Waals surface area contributed by atoms with Gasteiger partial charge in [0.1, 0.15) is 13.2 Å².